The van der Waals surface area contributed by atoms with E-state index in [-0.39, 0.29) is 30.0 Å². The summed E-state index contributed by atoms with van der Waals surface area (Å²) < 4.78 is 0. The van der Waals surface area contributed by atoms with E-state index in [4.69, 9.17) is 5.11 Å². The van der Waals surface area contributed by atoms with Gasteiger partial charge < -0.3 is 9.90 Å². The lowest BCUT2D eigenvalue weighted by Crippen LogP contribution is -2.03. The molecule has 0 aliphatic heterocycles. The summed E-state index contributed by atoms with van der Waals surface area (Å²) >= 11 is 0. The van der Waals surface area contributed by atoms with E-state index in [1.165, 1.54) is 31.2 Å². The summed E-state index contributed by atoms with van der Waals surface area (Å²) in [5.41, 5.74) is 0.578. The molecule has 16 heavy (non-hydrogen) atoms. The number of rotatable bonds is 5. The van der Waals surface area contributed by atoms with Crippen molar-refractivity contribution in [3.05, 3.63) is 35.4 Å². The van der Waals surface area contributed by atoms with Gasteiger partial charge in [-0.3, -0.25) is 4.79 Å². The van der Waals surface area contributed by atoms with Gasteiger partial charge in [-0.2, -0.15) is 0 Å². The second kappa shape index (κ2) is 5.21. The zero-order chi connectivity index (χ0) is 12.1. The van der Waals surface area contributed by atoms with Crippen LogP contribution < -0.4 is 0 Å². The van der Waals surface area contributed by atoms with E-state index in [2.05, 4.69) is 0 Å². The average Bonchev–Trinajstić information content (AvgIpc) is 2.26. The third-order valence-electron chi connectivity index (χ3n) is 2.16. The molecule has 84 valence electrons. The fourth-order valence-corrected chi connectivity index (χ4v) is 1.23. The maximum absolute atomic E-state index is 11.5. The number of benzene rings is 1. The van der Waals surface area contributed by atoms with Crippen LogP contribution in [-0.4, -0.2) is 22.6 Å². The molecule has 0 aliphatic rings. The molecule has 4 heteroatoms. The van der Waals surface area contributed by atoms with Crippen molar-refractivity contribution < 1.29 is 19.5 Å². The van der Waals surface area contributed by atoms with Crippen LogP contribution in [0.15, 0.2) is 24.3 Å². The molecule has 0 aliphatic carbocycles. The Labute approximate surface area is 92.9 Å². The highest BCUT2D eigenvalue weighted by Gasteiger charge is 2.08. The van der Waals surface area contributed by atoms with Crippen LogP contribution >= 0.6 is 0 Å². The lowest BCUT2D eigenvalue weighted by molar-refractivity contribution is -0.116. The van der Waals surface area contributed by atoms with Crippen LogP contribution in [0.5, 0.6) is 0 Å². The zero-order valence-corrected chi connectivity index (χ0v) is 8.90. The minimum atomic E-state index is -1.03. The van der Waals surface area contributed by atoms with Gasteiger partial charge in [0.2, 0.25) is 0 Å². The Morgan fingerprint density at radius 3 is 1.94 bits per heavy atom. The summed E-state index contributed by atoms with van der Waals surface area (Å²) in [6.07, 6.45) is 0.390. The molecule has 0 amide bonds. The number of carboxylic acid groups (broad SMARTS) is 1. The first kappa shape index (κ1) is 12.1. The van der Waals surface area contributed by atoms with Gasteiger partial charge in [-0.1, -0.05) is 12.1 Å². The second-order valence-corrected chi connectivity index (χ2v) is 3.51. The lowest BCUT2D eigenvalue weighted by atomic mass is 10.0. The van der Waals surface area contributed by atoms with Crippen molar-refractivity contribution in [1.29, 1.82) is 0 Å². The SMILES string of the molecule is CC(=O)CCC(=O)c1ccc(C(=O)O)cc1. The Bertz CT molecular complexity index is 417. The van der Waals surface area contributed by atoms with Crippen LogP contribution in [0.3, 0.4) is 0 Å². The van der Waals surface area contributed by atoms with E-state index in [1.807, 2.05) is 0 Å². The summed E-state index contributed by atoms with van der Waals surface area (Å²) in [6, 6.07) is 5.69. The van der Waals surface area contributed by atoms with Crippen LogP contribution in [0.25, 0.3) is 0 Å². The summed E-state index contributed by atoms with van der Waals surface area (Å²) in [5.74, 6) is -1.20. The molecule has 0 saturated heterocycles. The molecular formula is C12H12O4. The number of ketones is 2. The minimum absolute atomic E-state index is 0.0319. The predicted octanol–water partition coefficient (Wildman–Crippen LogP) is 1.94. The number of aromatic carboxylic acids is 1. The number of hydrogen-bond acceptors (Lipinski definition) is 3. The monoisotopic (exact) mass is 220 g/mol. The number of carboxylic acids is 1. The Balaban J connectivity index is 2.70. The highest BCUT2D eigenvalue weighted by atomic mass is 16.4. The topological polar surface area (TPSA) is 71.4 Å². The number of carbonyl (C=O) groups excluding carboxylic acids is 2. The Morgan fingerprint density at radius 1 is 1.00 bits per heavy atom. The van der Waals surface area contributed by atoms with Gasteiger partial charge in [0, 0.05) is 18.4 Å². The summed E-state index contributed by atoms with van der Waals surface area (Å²) in [4.78, 5) is 32.8. The molecule has 1 N–H and O–H groups in total. The molecular weight excluding hydrogens is 208 g/mol. The molecule has 0 heterocycles. The largest absolute Gasteiger partial charge is 0.478 e. The van der Waals surface area contributed by atoms with Crippen LogP contribution in [0.4, 0.5) is 0 Å². The van der Waals surface area contributed by atoms with Gasteiger partial charge in [0.1, 0.15) is 5.78 Å². The summed E-state index contributed by atoms with van der Waals surface area (Å²) in [7, 11) is 0. The molecule has 0 aromatic heterocycles. The second-order valence-electron chi connectivity index (χ2n) is 3.51. The average molecular weight is 220 g/mol. The van der Waals surface area contributed by atoms with Gasteiger partial charge in [-0.05, 0) is 19.1 Å². The standard InChI is InChI=1S/C12H12O4/c1-8(13)2-7-11(14)9-3-5-10(6-4-9)12(15)16/h3-6H,2,7H2,1H3,(H,15,16). The van der Waals surface area contributed by atoms with Crippen LogP contribution in [0.2, 0.25) is 0 Å². The van der Waals surface area contributed by atoms with Crippen molar-refractivity contribution in [3.8, 4) is 0 Å². The van der Waals surface area contributed by atoms with E-state index in [0.29, 0.717) is 5.56 Å². The molecule has 0 atom stereocenters. The molecule has 1 aromatic rings. The molecule has 1 rings (SSSR count). The molecule has 0 fully saturated rings. The van der Waals surface area contributed by atoms with Crippen molar-refractivity contribution in [2.75, 3.05) is 0 Å². The smallest absolute Gasteiger partial charge is 0.335 e. The van der Waals surface area contributed by atoms with Gasteiger partial charge in [0.05, 0.1) is 5.56 Å². The van der Waals surface area contributed by atoms with Crippen LogP contribution in [0, 0.1) is 0 Å². The third-order valence-corrected chi connectivity index (χ3v) is 2.16. The first-order valence-corrected chi connectivity index (χ1v) is 4.86. The molecule has 4 nitrogen and oxygen atoms in total. The van der Waals surface area contributed by atoms with Gasteiger partial charge >= 0.3 is 5.97 Å². The Morgan fingerprint density at radius 2 is 1.50 bits per heavy atom. The highest BCUT2D eigenvalue weighted by Crippen LogP contribution is 2.08. The predicted molar refractivity (Wildman–Crippen MR) is 57.6 cm³/mol. The quantitative estimate of drug-likeness (QED) is 0.769. The molecule has 0 saturated carbocycles. The molecule has 0 radical (unpaired) electrons. The summed E-state index contributed by atoms with van der Waals surface area (Å²) in [5, 5.41) is 8.66. The van der Waals surface area contributed by atoms with Crippen molar-refractivity contribution in [2.45, 2.75) is 19.8 Å². The maximum Gasteiger partial charge on any atom is 0.335 e. The highest BCUT2D eigenvalue weighted by molar-refractivity contribution is 5.98. The van der Waals surface area contributed by atoms with E-state index in [9.17, 15) is 14.4 Å². The molecule has 0 spiro atoms. The van der Waals surface area contributed by atoms with Crippen molar-refractivity contribution in [3.63, 3.8) is 0 Å². The fourth-order valence-electron chi connectivity index (χ4n) is 1.23. The van der Waals surface area contributed by atoms with Crippen molar-refractivity contribution in [1.82, 2.24) is 0 Å². The third kappa shape index (κ3) is 3.31. The number of carbonyl (C=O) groups is 3. The first-order valence-electron chi connectivity index (χ1n) is 4.86. The number of hydrogen-bond donors (Lipinski definition) is 1. The van der Waals surface area contributed by atoms with E-state index in [1.54, 1.807) is 0 Å². The number of Topliss-reactive ketones (excluding diaryl/α,β-unsaturated/α-hetero) is 2. The van der Waals surface area contributed by atoms with E-state index in [0.717, 1.165) is 0 Å². The van der Waals surface area contributed by atoms with Crippen LogP contribution in [-0.2, 0) is 4.79 Å². The fraction of sp³-hybridized carbons (Fsp3) is 0.250. The normalized spacial score (nSPS) is 9.81. The van der Waals surface area contributed by atoms with Gasteiger partial charge in [-0.15, -0.1) is 0 Å². The Kier molecular flexibility index (Phi) is 3.94. The van der Waals surface area contributed by atoms with Gasteiger partial charge in [0.15, 0.2) is 5.78 Å². The minimum Gasteiger partial charge on any atom is -0.478 e. The Hall–Kier alpha value is -1.97. The zero-order valence-electron chi connectivity index (χ0n) is 8.90. The van der Waals surface area contributed by atoms with Gasteiger partial charge in [0.25, 0.3) is 0 Å². The lowest BCUT2D eigenvalue weighted by Gasteiger charge is -2.00. The van der Waals surface area contributed by atoms with E-state index >= 15 is 0 Å². The van der Waals surface area contributed by atoms with Crippen molar-refractivity contribution in [2.24, 2.45) is 0 Å². The first-order chi connectivity index (χ1) is 7.50. The van der Waals surface area contributed by atoms with E-state index < -0.39 is 5.97 Å². The summed E-state index contributed by atoms with van der Waals surface area (Å²) in [6.45, 7) is 1.43. The van der Waals surface area contributed by atoms with Crippen LogP contribution in [0.1, 0.15) is 40.5 Å². The van der Waals surface area contributed by atoms with Gasteiger partial charge in [-0.25, -0.2) is 4.79 Å². The maximum atomic E-state index is 11.5. The molecule has 0 unspecified atom stereocenters. The molecule has 0 bridgehead atoms. The molecule has 1 aromatic carbocycles. The van der Waals surface area contributed by atoms with Crippen molar-refractivity contribution >= 4 is 17.5 Å².